The van der Waals surface area contributed by atoms with Gasteiger partial charge in [-0.15, -0.1) is 0 Å². The van der Waals surface area contributed by atoms with Crippen molar-refractivity contribution in [3.8, 4) is 0 Å². The number of ether oxygens (including phenoxy) is 2. The van der Waals surface area contributed by atoms with Gasteiger partial charge in [0.05, 0.1) is 0 Å². The van der Waals surface area contributed by atoms with Crippen LogP contribution in [-0.4, -0.2) is 63.6 Å². The molecule has 5 atom stereocenters. The van der Waals surface area contributed by atoms with Crippen molar-refractivity contribution in [1.82, 2.24) is 0 Å². The van der Waals surface area contributed by atoms with Crippen LogP contribution in [0.25, 0.3) is 0 Å². The quantitative estimate of drug-likeness (QED) is 0.215. The van der Waals surface area contributed by atoms with E-state index in [1.807, 2.05) is 0 Å². The Morgan fingerprint density at radius 3 is 2.27 bits per heavy atom. The zero-order chi connectivity index (χ0) is 11.6. The van der Waals surface area contributed by atoms with Crippen LogP contribution in [0.5, 0.6) is 0 Å². The fourth-order valence-electron chi connectivity index (χ4n) is 1.17. The molecule has 4 N–H and O–H groups in total. The van der Waals surface area contributed by atoms with Gasteiger partial charge in [0.1, 0.15) is 18.3 Å². The Labute approximate surface area is 83.7 Å². The lowest BCUT2D eigenvalue weighted by atomic mass is 9.99. The molecule has 8 heteroatoms. The second kappa shape index (κ2) is 4.64. The van der Waals surface area contributed by atoms with Crippen LogP contribution >= 0.6 is 0 Å². The molecular weight excluding hydrogens is 212 g/mol. The maximum atomic E-state index is 11.0. The number of esters is 1. The highest BCUT2D eigenvalue weighted by Gasteiger charge is 2.46. The Morgan fingerprint density at radius 1 is 1.13 bits per heavy atom. The highest BCUT2D eigenvalue weighted by atomic mass is 16.7. The maximum absolute atomic E-state index is 11.0. The van der Waals surface area contributed by atoms with Crippen molar-refractivity contribution in [3.05, 3.63) is 0 Å². The van der Waals surface area contributed by atoms with Crippen molar-refractivity contribution >= 4 is 12.4 Å². The van der Waals surface area contributed by atoms with E-state index in [1.54, 1.807) is 0 Å². The van der Waals surface area contributed by atoms with Gasteiger partial charge in [-0.1, -0.05) is 0 Å². The van der Waals surface area contributed by atoms with Gasteiger partial charge in [0.25, 0.3) is 0 Å². The predicted molar refractivity (Wildman–Crippen MR) is 41.1 cm³/mol. The van der Waals surface area contributed by atoms with Crippen molar-refractivity contribution in [2.24, 2.45) is 0 Å². The van der Waals surface area contributed by atoms with Gasteiger partial charge < -0.3 is 29.9 Å². The van der Waals surface area contributed by atoms with Crippen LogP contribution < -0.4 is 0 Å². The van der Waals surface area contributed by atoms with Gasteiger partial charge in [0.15, 0.2) is 12.4 Å². The van der Waals surface area contributed by atoms with Crippen molar-refractivity contribution in [2.45, 2.75) is 30.7 Å². The van der Waals surface area contributed by atoms with E-state index in [0.717, 1.165) is 0 Å². The minimum atomic E-state index is -1.84. The van der Waals surface area contributed by atoms with Crippen LogP contribution in [0, 0.1) is 0 Å². The molecule has 0 radical (unpaired) electrons. The summed E-state index contributed by atoms with van der Waals surface area (Å²) in [6, 6.07) is 0. The summed E-state index contributed by atoms with van der Waals surface area (Å²) in [6.07, 6.45) is -8.84. The van der Waals surface area contributed by atoms with E-state index < -0.39 is 36.7 Å². The molecule has 1 saturated heterocycles. The Morgan fingerprint density at radius 2 is 1.73 bits per heavy atom. The van der Waals surface area contributed by atoms with Gasteiger partial charge in [-0.05, 0) is 0 Å². The largest absolute Gasteiger partial charge is 0.393 e. The highest BCUT2D eigenvalue weighted by Crippen LogP contribution is 2.20. The first-order valence-corrected chi connectivity index (χ1v) is 4.01. The number of aliphatic hydroxyl groups excluding tert-OH is 4. The normalized spacial score (nSPS) is 40.9. The molecule has 86 valence electrons. The van der Waals surface area contributed by atoms with Crippen LogP contribution in [0.3, 0.4) is 0 Å². The topological polar surface area (TPSA) is 134 Å². The first-order chi connectivity index (χ1) is 6.99. The summed E-state index contributed by atoms with van der Waals surface area (Å²) in [5.74, 6) is -1.26. The fourth-order valence-corrected chi connectivity index (χ4v) is 1.17. The standard InChI is InChI=1S/C7H10O8/c8-1-14-7(13)5-3(10)2(9)4(11)6(12)15-5/h1-6,9-12H/t2-,3-,4+,5-,6+/m0/s1. The Kier molecular flexibility index (Phi) is 3.72. The molecule has 1 fully saturated rings. The molecule has 15 heavy (non-hydrogen) atoms. The maximum Gasteiger partial charge on any atom is 0.345 e. The average molecular weight is 222 g/mol. The van der Waals surface area contributed by atoms with Gasteiger partial charge in [-0.3, -0.25) is 4.79 Å². The van der Waals surface area contributed by atoms with Crippen LogP contribution in [0.15, 0.2) is 0 Å². The van der Waals surface area contributed by atoms with Crippen molar-refractivity contribution in [3.63, 3.8) is 0 Å². The first-order valence-electron chi connectivity index (χ1n) is 4.01. The summed E-state index contributed by atoms with van der Waals surface area (Å²) in [6.45, 7) is -0.178. The smallest absolute Gasteiger partial charge is 0.345 e. The molecule has 8 nitrogen and oxygen atoms in total. The average Bonchev–Trinajstić information content (AvgIpc) is 2.20. The molecular formula is C7H10O8. The zero-order valence-electron chi connectivity index (χ0n) is 7.39. The van der Waals surface area contributed by atoms with Crippen LogP contribution in [0.4, 0.5) is 0 Å². The van der Waals surface area contributed by atoms with Crippen LogP contribution in [0.2, 0.25) is 0 Å². The molecule has 0 aromatic rings. The van der Waals surface area contributed by atoms with E-state index in [1.165, 1.54) is 0 Å². The van der Waals surface area contributed by atoms with E-state index in [2.05, 4.69) is 9.47 Å². The molecule has 0 aromatic heterocycles. The van der Waals surface area contributed by atoms with Gasteiger partial charge in [-0.2, -0.15) is 0 Å². The van der Waals surface area contributed by atoms with E-state index in [9.17, 15) is 14.7 Å². The summed E-state index contributed by atoms with van der Waals surface area (Å²) >= 11 is 0. The predicted octanol–water partition coefficient (Wildman–Crippen LogP) is -3.51. The van der Waals surface area contributed by atoms with Gasteiger partial charge in [0, 0.05) is 0 Å². The highest BCUT2D eigenvalue weighted by molar-refractivity contribution is 5.81. The minimum Gasteiger partial charge on any atom is -0.393 e. The number of hydrogen-bond donors (Lipinski definition) is 4. The molecule has 0 saturated carbocycles. The van der Waals surface area contributed by atoms with Crippen LogP contribution in [-0.2, 0) is 19.1 Å². The second-order valence-electron chi connectivity index (χ2n) is 2.95. The SMILES string of the molecule is O=COC(=O)[C@H]1O[C@@H](O)[C@H](O)[C@@H](O)[C@@H]1O. The van der Waals surface area contributed by atoms with Gasteiger partial charge in [0.2, 0.25) is 0 Å². The lowest BCUT2D eigenvalue weighted by molar-refractivity contribution is -0.280. The molecule has 0 amide bonds. The number of carbonyl (C=O) groups is 2. The van der Waals surface area contributed by atoms with E-state index in [4.69, 9.17) is 15.3 Å². The molecule has 1 rings (SSSR count). The number of hydrogen-bond acceptors (Lipinski definition) is 8. The Bertz CT molecular complexity index is 253. The van der Waals surface area contributed by atoms with Crippen molar-refractivity contribution in [1.29, 1.82) is 0 Å². The summed E-state index contributed by atoms with van der Waals surface area (Å²) in [5.41, 5.74) is 0. The summed E-state index contributed by atoms with van der Waals surface area (Å²) < 4.78 is 8.33. The summed E-state index contributed by atoms with van der Waals surface area (Å²) in [4.78, 5) is 20.8. The van der Waals surface area contributed by atoms with Crippen molar-refractivity contribution < 1.29 is 39.5 Å². The van der Waals surface area contributed by atoms with E-state index in [0.29, 0.717) is 0 Å². The van der Waals surface area contributed by atoms with Crippen molar-refractivity contribution in [2.75, 3.05) is 0 Å². The molecule has 1 aliphatic heterocycles. The van der Waals surface area contributed by atoms with Gasteiger partial charge in [-0.25, -0.2) is 4.79 Å². The molecule has 0 bridgehead atoms. The molecule has 1 heterocycles. The summed E-state index contributed by atoms with van der Waals surface area (Å²) in [5, 5.41) is 36.5. The Balaban J connectivity index is 2.74. The zero-order valence-corrected chi connectivity index (χ0v) is 7.39. The minimum absolute atomic E-state index is 0.178. The number of carbonyl (C=O) groups excluding carboxylic acids is 2. The molecule has 0 unspecified atom stereocenters. The third kappa shape index (κ3) is 2.30. The number of rotatable bonds is 2. The lowest BCUT2D eigenvalue weighted by Crippen LogP contribution is -2.59. The Hall–Kier alpha value is -1.06. The molecule has 0 spiro atoms. The van der Waals surface area contributed by atoms with E-state index in [-0.39, 0.29) is 6.47 Å². The monoisotopic (exact) mass is 222 g/mol. The fraction of sp³-hybridized carbons (Fsp3) is 0.714. The molecule has 0 aliphatic carbocycles. The van der Waals surface area contributed by atoms with Crippen LogP contribution in [0.1, 0.15) is 0 Å². The third-order valence-corrected chi connectivity index (χ3v) is 1.98. The third-order valence-electron chi connectivity index (χ3n) is 1.98. The second-order valence-corrected chi connectivity index (χ2v) is 2.95. The molecule has 1 aliphatic rings. The molecule has 0 aromatic carbocycles. The van der Waals surface area contributed by atoms with Gasteiger partial charge >= 0.3 is 12.4 Å². The first kappa shape index (κ1) is 12.0. The lowest BCUT2D eigenvalue weighted by Gasteiger charge is -2.36. The number of aliphatic hydroxyl groups is 4. The summed E-state index contributed by atoms with van der Waals surface area (Å²) in [7, 11) is 0. The van der Waals surface area contributed by atoms with E-state index >= 15 is 0 Å².